The van der Waals surface area contributed by atoms with E-state index >= 15 is 0 Å². The molecular formula is C17H13ClF3NOS. The molecule has 1 aliphatic heterocycles. The summed E-state index contributed by atoms with van der Waals surface area (Å²) in [6, 6.07) is 11.7. The fourth-order valence-electron chi connectivity index (χ4n) is 2.58. The van der Waals surface area contributed by atoms with Crippen LogP contribution in [0.1, 0.15) is 26.9 Å². The van der Waals surface area contributed by atoms with Gasteiger partial charge >= 0.3 is 6.18 Å². The van der Waals surface area contributed by atoms with E-state index in [1.807, 2.05) is 0 Å². The maximum absolute atomic E-state index is 12.7. The second-order valence-electron chi connectivity index (χ2n) is 5.32. The highest BCUT2D eigenvalue weighted by Gasteiger charge is 2.34. The number of hydrogen-bond acceptors (Lipinski definition) is 2. The SMILES string of the molecule is O=C(c1ccccc1Cl)N1CCSC1c1ccc(C(F)(F)F)cc1. The van der Waals surface area contributed by atoms with Crippen molar-refractivity contribution in [3.63, 3.8) is 0 Å². The zero-order valence-corrected chi connectivity index (χ0v) is 14.0. The number of carbonyl (C=O) groups excluding carboxylic acids is 1. The molecule has 1 fully saturated rings. The molecule has 1 atom stereocenters. The molecule has 0 aliphatic carbocycles. The van der Waals surface area contributed by atoms with E-state index in [0.717, 1.165) is 17.9 Å². The molecule has 0 spiro atoms. The maximum atomic E-state index is 12.7. The molecule has 0 N–H and O–H groups in total. The van der Waals surface area contributed by atoms with Gasteiger partial charge in [-0.2, -0.15) is 13.2 Å². The molecule has 0 saturated carbocycles. The van der Waals surface area contributed by atoms with Crippen LogP contribution < -0.4 is 0 Å². The Labute approximate surface area is 146 Å². The van der Waals surface area contributed by atoms with Crippen molar-refractivity contribution >= 4 is 29.3 Å². The third-order valence-corrected chi connectivity index (χ3v) is 5.37. The summed E-state index contributed by atoms with van der Waals surface area (Å²) in [4.78, 5) is 14.4. The van der Waals surface area contributed by atoms with Crippen molar-refractivity contribution in [1.82, 2.24) is 4.90 Å². The fourth-order valence-corrected chi connectivity index (χ4v) is 4.05. The molecule has 0 bridgehead atoms. The summed E-state index contributed by atoms with van der Waals surface area (Å²) in [7, 11) is 0. The highest BCUT2D eigenvalue weighted by Crippen LogP contribution is 2.40. The van der Waals surface area contributed by atoms with Crippen molar-refractivity contribution in [3.8, 4) is 0 Å². The van der Waals surface area contributed by atoms with Crippen LogP contribution in [0.25, 0.3) is 0 Å². The van der Waals surface area contributed by atoms with E-state index in [0.29, 0.717) is 22.7 Å². The molecule has 1 amide bonds. The van der Waals surface area contributed by atoms with Crippen LogP contribution in [0.3, 0.4) is 0 Å². The second kappa shape index (κ2) is 6.69. The Morgan fingerprint density at radius 2 is 1.79 bits per heavy atom. The summed E-state index contributed by atoms with van der Waals surface area (Å²) in [6.45, 7) is 0.528. The minimum absolute atomic E-state index is 0.213. The van der Waals surface area contributed by atoms with Gasteiger partial charge in [0.1, 0.15) is 5.37 Å². The number of halogens is 4. The van der Waals surface area contributed by atoms with Gasteiger partial charge in [-0.1, -0.05) is 35.9 Å². The molecule has 1 heterocycles. The minimum Gasteiger partial charge on any atom is -0.322 e. The highest BCUT2D eigenvalue weighted by atomic mass is 35.5. The molecule has 0 aromatic heterocycles. The van der Waals surface area contributed by atoms with Crippen LogP contribution in [0, 0.1) is 0 Å². The molecule has 24 heavy (non-hydrogen) atoms. The van der Waals surface area contributed by atoms with Gasteiger partial charge in [0.05, 0.1) is 16.1 Å². The molecule has 3 rings (SSSR count). The lowest BCUT2D eigenvalue weighted by Crippen LogP contribution is -2.30. The van der Waals surface area contributed by atoms with Gasteiger partial charge in [-0.05, 0) is 29.8 Å². The lowest BCUT2D eigenvalue weighted by atomic mass is 10.1. The summed E-state index contributed by atoms with van der Waals surface area (Å²) in [5.41, 5.74) is 0.378. The highest BCUT2D eigenvalue weighted by molar-refractivity contribution is 7.99. The summed E-state index contributed by atoms with van der Waals surface area (Å²) in [5.74, 6) is 0.512. The predicted octanol–water partition coefficient (Wildman–Crippen LogP) is 5.25. The monoisotopic (exact) mass is 371 g/mol. The molecule has 2 aromatic carbocycles. The van der Waals surface area contributed by atoms with Gasteiger partial charge in [0, 0.05) is 12.3 Å². The van der Waals surface area contributed by atoms with E-state index in [-0.39, 0.29) is 11.3 Å². The summed E-state index contributed by atoms with van der Waals surface area (Å²) >= 11 is 7.61. The number of thioether (sulfide) groups is 1. The number of hydrogen-bond donors (Lipinski definition) is 0. The van der Waals surface area contributed by atoms with E-state index in [1.54, 1.807) is 29.2 Å². The van der Waals surface area contributed by atoms with Crippen LogP contribution >= 0.6 is 23.4 Å². The third kappa shape index (κ3) is 3.39. The minimum atomic E-state index is -4.37. The average Bonchev–Trinajstić information content (AvgIpc) is 3.03. The van der Waals surface area contributed by atoms with Gasteiger partial charge in [0.15, 0.2) is 0 Å². The zero-order valence-electron chi connectivity index (χ0n) is 12.4. The van der Waals surface area contributed by atoms with Crippen molar-refractivity contribution < 1.29 is 18.0 Å². The summed E-state index contributed by atoms with van der Waals surface area (Å²) < 4.78 is 38.0. The molecule has 1 unspecified atom stereocenters. The van der Waals surface area contributed by atoms with Gasteiger partial charge < -0.3 is 4.90 Å². The Kier molecular flexibility index (Phi) is 4.78. The normalized spacial score (nSPS) is 18.0. The van der Waals surface area contributed by atoms with Gasteiger partial charge in [-0.25, -0.2) is 0 Å². The zero-order chi connectivity index (χ0) is 17.3. The van der Waals surface area contributed by atoms with Gasteiger partial charge in [-0.15, -0.1) is 11.8 Å². The third-order valence-electron chi connectivity index (χ3n) is 3.78. The standard InChI is InChI=1S/C17H13ClF3NOS/c18-14-4-2-1-3-13(14)15(23)22-9-10-24-16(22)11-5-7-12(8-6-11)17(19,20)21/h1-8,16H,9-10H2. The lowest BCUT2D eigenvalue weighted by Gasteiger charge is -2.25. The van der Waals surface area contributed by atoms with Crippen LogP contribution in [-0.2, 0) is 6.18 Å². The summed E-state index contributed by atoms with van der Waals surface area (Å²) in [5, 5.41) is 0.0571. The molecule has 126 valence electrons. The number of carbonyl (C=O) groups is 1. The number of nitrogens with zero attached hydrogens (tertiary/aromatic N) is 1. The van der Waals surface area contributed by atoms with Crippen molar-refractivity contribution in [2.45, 2.75) is 11.6 Å². The van der Waals surface area contributed by atoms with Gasteiger partial charge in [-0.3, -0.25) is 4.79 Å². The quantitative estimate of drug-likeness (QED) is 0.719. The van der Waals surface area contributed by atoms with E-state index in [4.69, 9.17) is 11.6 Å². The molecular weight excluding hydrogens is 359 g/mol. The molecule has 7 heteroatoms. The fraction of sp³-hybridized carbons (Fsp3) is 0.235. The largest absolute Gasteiger partial charge is 0.416 e. The van der Waals surface area contributed by atoms with Crippen molar-refractivity contribution in [3.05, 3.63) is 70.2 Å². The molecule has 0 radical (unpaired) electrons. The average molecular weight is 372 g/mol. The Balaban J connectivity index is 1.86. The Bertz CT molecular complexity index is 748. The van der Waals surface area contributed by atoms with Gasteiger partial charge in [0.25, 0.3) is 5.91 Å². The van der Waals surface area contributed by atoms with Crippen LogP contribution in [0.2, 0.25) is 5.02 Å². The van der Waals surface area contributed by atoms with Crippen LogP contribution in [0.4, 0.5) is 13.2 Å². The lowest BCUT2D eigenvalue weighted by molar-refractivity contribution is -0.137. The number of benzene rings is 2. The number of rotatable bonds is 2. The first kappa shape index (κ1) is 17.2. The first-order chi connectivity index (χ1) is 11.4. The Morgan fingerprint density at radius 1 is 1.12 bits per heavy atom. The van der Waals surface area contributed by atoms with Crippen LogP contribution in [-0.4, -0.2) is 23.1 Å². The molecule has 1 aliphatic rings. The smallest absolute Gasteiger partial charge is 0.322 e. The van der Waals surface area contributed by atoms with Crippen molar-refractivity contribution in [2.75, 3.05) is 12.3 Å². The van der Waals surface area contributed by atoms with Crippen LogP contribution in [0.15, 0.2) is 48.5 Å². The molecule has 2 nitrogen and oxygen atoms in total. The predicted molar refractivity (Wildman–Crippen MR) is 89.1 cm³/mol. The van der Waals surface area contributed by atoms with E-state index < -0.39 is 11.7 Å². The molecule has 2 aromatic rings. The first-order valence-electron chi connectivity index (χ1n) is 7.22. The van der Waals surface area contributed by atoms with Gasteiger partial charge in [0.2, 0.25) is 0 Å². The second-order valence-corrected chi connectivity index (χ2v) is 6.92. The first-order valence-corrected chi connectivity index (χ1v) is 8.65. The Hall–Kier alpha value is -1.66. The van der Waals surface area contributed by atoms with Crippen molar-refractivity contribution in [1.29, 1.82) is 0 Å². The van der Waals surface area contributed by atoms with E-state index in [9.17, 15) is 18.0 Å². The van der Waals surface area contributed by atoms with Crippen LogP contribution in [0.5, 0.6) is 0 Å². The van der Waals surface area contributed by atoms with E-state index in [2.05, 4.69) is 0 Å². The topological polar surface area (TPSA) is 20.3 Å². The maximum Gasteiger partial charge on any atom is 0.416 e. The molecule has 1 saturated heterocycles. The number of amides is 1. The van der Waals surface area contributed by atoms with E-state index in [1.165, 1.54) is 23.9 Å². The van der Waals surface area contributed by atoms with Crippen molar-refractivity contribution in [2.24, 2.45) is 0 Å². The Morgan fingerprint density at radius 3 is 2.42 bits per heavy atom. The number of alkyl halides is 3. The summed E-state index contributed by atoms with van der Waals surface area (Å²) in [6.07, 6.45) is -4.37.